The maximum Gasteiger partial charge on any atom is 0.185 e. The van der Waals surface area contributed by atoms with Crippen LogP contribution in [-0.2, 0) is 0 Å². The van der Waals surface area contributed by atoms with Crippen molar-refractivity contribution >= 4 is 5.65 Å². The van der Waals surface area contributed by atoms with Crippen LogP contribution in [0.5, 0.6) is 0 Å². The molecule has 2 heterocycles. The lowest BCUT2D eigenvalue weighted by Crippen LogP contribution is -1.93. The van der Waals surface area contributed by atoms with E-state index in [1.165, 1.54) is 16.9 Å². The van der Waals surface area contributed by atoms with Crippen molar-refractivity contribution in [3.63, 3.8) is 0 Å². The van der Waals surface area contributed by atoms with Crippen LogP contribution in [0.2, 0.25) is 0 Å². The van der Waals surface area contributed by atoms with E-state index in [1.54, 1.807) is 30.5 Å². The zero-order valence-electron chi connectivity index (χ0n) is 8.21. The van der Waals surface area contributed by atoms with E-state index in [1.807, 2.05) is 0 Å². The Balaban J connectivity index is 2.34. The molecule has 0 aliphatic carbocycles. The van der Waals surface area contributed by atoms with Gasteiger partial charge in [-0.25, -0.2) is 4.39 Å². The number of hydrogen-bond acceptors (Lipinski definition) is 3. The molecule has 5 heteroatoms. The molecule has 0 aliphatic heterocycles. The third-order valence-corrected chi connectivity index (χ3v) is 2.37. The van der Waals surface area contributed by atoms with Crippen LogP contribution in [0.15, 0.2) is 42.9 Å². The first-order chi connectivity index (χ1) is 7.86. The topological polar surface area (TPSA) is 43.1 Å². The van der Waals surface area contributed by atoms with Gasteiger partial charge in [-0.05, 0) is 12.1 Å². The molecule has 0 saturated carbocycles. The molecule has 1 aromatic carbocycles. The van der Waals surface area contributed by atoms with Crippen LogP contribution in [0.3, 0.4) is 0 Å². The summed E-state index contributed by atoms with van der Waals surface area (Å²) in [5.74, 6) is -0.279. The second-order valence-electron chi connectivity index (χ2n) is 3.32. The van der Waals surface area contributed by atoms with Crippen molar-refractivity contribution in [2.75, 3.05) is 0 Å². The molecular formula is C11H7FN4. The third-order valence-electron chi connectivity index (χ3n) is 2.37. The monoisotopic (exact) mass is 214 g/mol. The van der Waals surface area contributed by atoms with Crippen molar-refractivity contribution in [3.05, 3.63) is 48.7 Å². The van der Waals surface area contributed by atoms with Gasteiger partial charge >= 0.3 is 0 Å². The van der Waals surface area contributed by atoms with Gasteiger partial charge in [0.15, 0.2) is 5.65 Å². The first kappa shape index (κ1) is 8.96. The summed E-state index contributed by atoms with van der Waals surface area (Å²) in [6, 6.07) is 8.29. The lowest BCUT2D eigenvalue weighted by molar-refractivity contribution is 0.631. The molecule has 0 amide bonds. The second-order valence-corrected chi connectivity index (χ2v) is 3.32. The molecule has 3 rings (SSSR count). The number of rotatable bonds is 1. The minimum absolute atomic E-state index is 0.279. The molecule has 78 valence electrons. The van der Waals surface area contributed by atoms with Gasteiger partial charge in [-0.15, -0.1) is 10.2 Å². The number of aromatic nitrogens is 4. The van der Waals surface area contributed by atoms with Gasteiger partial charge in [0, 0.05) is 17.3 Å². The van der Waals surface area contributed by atoms with Crippen LogP contribution in [-0.4, -0.2) is 19.8 Å². The molecule has 0 atom stereocenters. The van der Waals surface area contributed by atoms with Gasteiger partial charge in [-0.3, -0.25) is 0 Å². The van der Waals surface area contributed by atoms with Gasteiger partial charge < -0.3 is 0 Å². The third kappa shape index (κ3) is 1.25. The van der Waals surface area contributed by atoms with Crippen molar-refractivity contribution in [2.24, 2.45) is 0 Å². The highest BCUT2D eigenvalue weighted by atomic mass is 19.1. The minimum atomic E-state index is -0.279. The van der Waals surface area contributed by atoms with Crippen molar-refractivity contribution in [3.8, 4) is 11.1 Å². The molecular weight excluding hydrogens is 207 g/mol. The molecule has 0 radical (unpaired) electrons. The fraction of sp³-hybridized carbons (Fsp3) is 0. The van der Waals surface area contributed by atoms with Crippen molar-refractivity contribution < 1.29 is 4.39 Å². The molecule has 0 bridgehead atoms. The average Bonchev–Trinajstić information content (AvgIpc) is 2.77. The molecule has 0 spiro atoms. The predicted octanol–water partition coefficient (Wildman–Crippen LogP) is 1.93. The summed E-state index contributed by atoms with van der Waals surface area (Å²) in [6.45, 7) is 0. The Morgan fingerprint density at radius 2 is 1.94 bits per heavy atom. The number of nitrogens with zero attached hydrogens (tertiary/aromatic N) is 4. The fourth-order valence-corrected chi connectivity index (χ4v) is 1.64. The summed E-state index contributed by atoms with van der Waals surface area (Å²) in [7, 11) is 0. The molecule has 0 fully saturated rings. The number of hydrogen-bond donors (Lipinski definition) is 0. The lowest BCUT2D eigenvalue weighted by atomic mass is 10.1. The van der Waals surface area contributed by atoms with Gasteiger partial charge in [0.25, 0.3) is 0 Å². The van der Waals surface area contributed by atoms with E-state index in [-0.39, 0.29) is 5.82 Å². The minimum Gasteiger partial charge on any atom is -0.206 e. The molecule has 3 aromatic rings. The molecule has 16 heavy (non-hydrogen) atoms. The zero-order chi connectivity index (χ0) is 11.0. The van der Waals surface area contributed by atoms with Crippen molar-refractivity contribution in [1.82, 2.24) is 19.8 Å². The SMILES string of the molecule is Fc1ccccc1-c1ccnn2cnnc12. The van der Waals surface area contributed by atoms with E-state index in [2.05, 4.69) is 15.3 Å². The van der Waals surface area contributed by atoms with Gasteiger partial charge in [0.2, 0.25) is 0 Å². The van der Waals surface area contributed by atoms with Gasteiger partial charge in [-0.2, -0.15) is 9.61 Å². The smallest absolute Gasteiger partial charge is 0.185 e. The number of halogens is 1. The van der Waals surface area contributed by atoms with Gasteiger partial charge in [-0.1, -0.05) is 18.2 Å². The highest BCUT2D eigenvalue weighted by molar-refractivity contribution is 5.76. The van der Waals surface area contributed by atoms with Crippen LogP contribution in [0.1, 0.15) is 0 Å². The first-order valence-electron chi connectivity index (χ1n) is 4.76. The summed E-state index contributed by atoms with van der Waals surface area (Å²) in [5, 5.41) is 11.7. The Labute approximate surface area is 90.4 Å². The zero-order valence-corrected chi connectivity index (χ0v) is 8.21. The van der Waals surface area contributed by atoms with Crippen LogP contribution in [0.4, 0.5) is 4.39 Å². The van der Waals surface area contributed by atoms with Gasteiger partial charge in [0.05, 0.1) is 0 Å². The van der Waals surface area contributed by atoms with Crippen LogP contribution in [0.25, 0.3) is 16.8 Å². The Bertz CT molecular complexity index is 647. The average molecular weight is 214 g/mol. The normalized spacial score (nSPS) is 10.8. The Morgan fingerprint density at radius 1 is 1.06 bits per heavy atom. The van der Waals surface area contributed by atoms with Crippen LogP contribution in [0, 0.1) is 5.82 Å². The number of benzene rings is 1. The Morgan fingerprint density at radius 3 is 2.81 bits per heavy atom. The van der Waals surface area contributed by atoms with E-state index in [9.17, 15) is 4.39 Å². The maximum absolute atomic E-state index is 13.6. The highest BCUT2D eigenvalue weighted by Crippen LogP contribution is 2.24. The Kier molecular flexibility index (Phi) is 1.89. The molecule has 0 N–H and O–H groups in total. The predicted molar refractivity (Wildman–Crippen MR) is 56.2 cm³/mol. The largest absolute Gasteiger partial charge is 0.206 e. The fourth-order valence-electron chi connectivity index (χ4n) is 1.64. The van der Waals surface area contributed by atoms with E-state index >= 15 is 0 Å². The first-order valence-corrected chi connectivity index (χ1v) is 4.76. The Hall–Kier alpha value is -2.30. The molecule has 0 unspecified atom stereocenters. The molecule has 4 nitrogen and oxygen atoms in total. The summed E-state index contributed by atoms with van der Waals surface area (Å²) < 4.78 is 15.1. The molecule has 0 saturated heterocycles. The van der Waals surface area contributed by atoms with E-state index in [0.29, 0.717) is 16.8 Å². The van der Waals surface area contributed by atoms with E-state index < -0.39 is 0 Å². The molecule has 0 aliphatic rings. The van der Waals surface area contributed by atoms with Crippen molar-refractivity contribution in [2.45, 2.75) is 0 Å². The number of fused-ring (bicyclic) bond motifs is 1. The summed E-state index contributed by atoms with van der Waals surface area (Å²) in [4.78, 5) is 0. The summed E-state index contributed by atoms with van der Waals surface area (Å²) >= 11 is 0. The lowest BCUT2D eigenvalue weighted by Gasteiger charge is -2.03. The summed E-state index contributed by atoms with van der Waals surface area (Å²) in [5.41, 5.74) is 1.74. The van der Waals surface area contributed by atoms with Crippen LogP contribution < -0.4 is 0 Å². The maximum atomic E-state index is 13.6. The van der Waals surface area contributed by atoms with E-state index in [0.717, 1.165) is 0 Å². The van der Waals surface area contributed by atoms with Gasteiger partial charge in [0.1, 0.15) is 12.1 Å². The second kappa shape index (κ2) is 3.37. The van der Waals surface area contributed by atoms with Crippen molar-refractivity contribution in [1.29, 1.82) is 0 Å². The highest BCUT2D eigenvalue weighted by Gasteiger charge is 2.09. The summed E-state index contributed by atoms with van der Waals surface area (Å²) in [6.07, 6.45) is 3.08. The molecule has 2 aromatic heterocycles. The standard InChI is InChI=1S/C11H7FN4/c12-10-4-2-1-3-8(10)9-5-6-14-16-7-13-15-11(9)16/h1-7H. The van der Waals surface area contributed by atoms with E-state index in [4.69, 9.17) is 0 Å². The van der Waals surface area contributed by atoms with Crippen LogP contribution >= 0.6 is 0 Å². The quantitative estimate of drug-likeness (QED) is 0.621.